The van der Waals surface area contributed by atoms with E-state index in [4.69, 9.17) is 27.9 Å². The monoisotopic (exact) mass is 276 g/mol. The van der Waals surface area contributed by atoms with Gasteiger partial charge in [-0.1, -0.05) is 29.3 Å². The third-order valence-electron chi connectivity index (χ3n) is 3.00. The first-order chi connectivity index (χ1) is 8.13. The fourth-order valence-corrected chi connectivity index (χ4v) is 2.56. The van der Waals surface area contributed by atoms with E-state index < -0.39 is 6.10 Å². The number of rotatable bonds is 2. The highest BCUT2D eigenvalue weighted by atomic mass is 35.5. The Balaban J connectivity index is 2.26. The number of halogens is 2. The molecule has 1 aromatic heterocycles. The molecule has 2 N–H and O–H groups in total. The number of piperidine rings is 1. The molecule has 0 unspecified atom stereocenters. The van der Waals surface area contributed by atoms with Crippen LogP contribution < -0.4 is 5.32 Å². The second-order valence-corrected chi connectivity index (χ2v) is 4.74. The van der Waals surface area contributed by atoms with Gasteiger partial charge in [0, 0.05) is 12.7 Å². The van der Waals surface area contributed by atoms with Gasteiger partial charge in [-0.05, 0) is 19.0 Å². The number of aliphatic hydroxyl groups excluding tert-OH is 1. The van der Waals surface area contributed by atoms with Crippen LogP contribution in [0.2, 0.25) is 10.3 Å². The number of nitrogens with zero attached hydrogens (tertiary/aromatic N) is 1. The van der Waals surface area contributed by atoms with Gasteiger partial charge in [0.2, 0.25) is 0 Å². The summed E-state index contributed by atoms with van der Waals surface area (Å²) >= 11 is 11.8. The van der Waals surface area contributed by atoms with Crippen LogP contribution in [0.4, 0.5) is 0 Å². The Kier molecular flexibility index (Phi) is 4.22. The Bertz CT molecular complexity index is 403. The van der Waals surface area contributed by atoms with Crippen molar-refractivity contribution >= 4 is 23.2 Å². The Morgan fingerprint density at radius 3 is 2.88 bits per heavy atom. The summed E-state index contributed by atoms with van der Waals surface area (Å²) in [5, 5.41) is 14.0. The van der Waals surface area contributed by atoms with Crippen LogP contribution in [0.3, 0.4) is 0 Å². The molecule has 0 aromatic carbocycles. The highest BCUT2D eigenvalue weighted by Crippen LogP contribution is 2.30. The molecule has 1 saturated heterocycles. The summed E-state index contributed by atoms with van der Waals surface area (Å²) in [6.45, 7) is 0.763. The first kappa shape index (κ1) is 13.1. The second-order valence-electron chi connectivity index (χ2n) is 4.00. The largest absolute Gasteiger partial charge is 0.388 e. The zero-order valence-corrected chi connectivity index (χ0v) is 10.9. The minimum Gasteiger partial charge on any atom is -0.388 e. The normalized spacial score (nSPS) is 29.3. The Morgan fingerprint density at radius 1 is 1.47 bits per heavy atom. The van der Waals surface area contributed by atoms with Gasteiger partial charge in [0.25, 0.3) is 0 Å². The van der Waals surface area contributed by atoms with Crippen molar-refractivity contribution in [1.82, 2.24) is 10.3 Å². The van der Waals surface area contributed by atoms with E-state index in [9.17, 15) is 5.11 Å². The molecule has 0 amide bonds. The second kappa shape index (κ2) is 5.50. The smallest absolute Gasteiger partial charge is 0.135 e. The van der Waals surface area contributed by atoms with Gasteiger partial charge in [0.1, 0.15) is 10.3 Å². The Morgan fingerprint density at radius 2 is 2.24 bits per heavy atom. The first-order valence-corrected chi connectivity index (χ1v) is 6.15. The van der Waals surface area contributed by atoms with Gasteiger partial charge >= 0.3 is 0 Å². The predicted octanol–water partition coefficient (Wildman–Crippen LogP) is 1.80. The molecule has 0 aliphatic carbocycles. The molecule has 6 heteroatoms. The van der Waals surface area contributed by atoms with Crippen LogP contribution in [0, 0.1) is 0 Å². The molecule has 1 aliphatic heterocycles. The lowest BCUT2D eigenvalue weighted by atomic mass is 9.93. The summed E-state index contributed by atoms with van der Waals surface area (Å²) in [6.07, 6.45) is -0.0606. The third kappa shape index (κ3) is 2.72. The van der Waals surface area contributed by atoms with Crippen LogP contribution in [-0.2, 0) is 4.74 Å². The SMILES string of the molecule is CO[C@H]1CCN[C@H](c2ccc(Cl)nc2Cl)[C@@H]1O. The molecule has 0 spiro atoms. The summed E-state index contributed by atoms with van der Waals surface area (Å²) in [7, 11) is 1.60. The highest BCUT2D eigenvalue weighted by molar-refractivity contribution is 6.32. The summed E-state index contributed by atoms with van der Waals surface area (Å²) < 4.78 is 5.24. The van der Waals surface area contributed by atoms with Crippen LogP contribution in [0.1, 0.15) is 18.0 Å². The van der Waals surface area contributed by atoms with Gasteiger partial charge in [-0.2, -0.15) is 0 Å². The molecule has 1 aromatic rings. The van der Waals surface area contributed by atoms with E-state index in [1.54, 1.807) is 19.2 Å². The van der Waals surface area contributed by atoms with Crippen LogP contribution >= 0.6 is 23.2 Å². The average Bonchev–Trinajstić information content (AvgIpc) is 2.30. The van der Waals surface area contributed by atoms with Crippen molar-refractivity contribution in [3.8, 4) is 0 Å². The lowest BCUT2D eigenvalue weighted by molar-refractivity contribution is -0.0511. The highest BCUT2D eigenvalue weighted by Gasteiger charge is 2.33. The lowest BCUT2D eigenvalue weighted by Gasteiger charge is -2.35. The summed E-state index contributed by atoms with van der Waals surface area (Å²) in [4.78, 5) is 3.97. The number of nitrogens with one attached hydrogen (secondary N) is 1. The molecule has 17 heavy (non-hydrogen) atoms. The van der Waals surface area contributed by atoms with Gasteiger partial charge in [0.15, 0.2) is 0 Å². The number of hydrogen-bond donors (Lipinski definition) is 2. The molecular formula is C11H14Cl2N2O2. The topological polar surface area (TPSA) is 54.4 Å². The van der Waals surface area contributed by atoms with E-state index in [0.717, 1.165) is 18.5 Å². The number of aliphatic hydroxyl groups is 1. The minimum absolute atomic E-state index is 0.187. The van der Waals surface area contributed by atoms with Crippen molar-refractivity contribution in [3.63, 3.8) is 0 Å². The van der Waals surface area contributed by atoms with Crippen molar-refractivity contribution in [2.24, 2.45) is 0 Å². The van der Waals surface area contributed by atoms with Gasteiger partial charge in [0.05, 0.1) is 18.2 Å². The summed E-state index contributed by atoms with van der Waals surface area (Å²) in [6, 6.07) is 3.16. The van der Waals surface area contributed by atoms with Gasteiger partial charge in [-0.25, -0.2) is 4.98 Å². The third-order valence-corrected chi connectivity index (χ3v) is 3.51. The van der Waals surface area contributed by atoms with Crippen LogP contribution in [-0.4, -0.2) is 36.0 Å². The van der Waals surface area contributed by atoms with Crippen molar-refractivity contribution in [3.05, 3.63) is 28.0 Å². The van der Waals surface area contributed by atoms with Crippen molar-refractivity contribution < 1.29 is 9.84 Å². The number of ether oxygens (including phenoxy) is 1. The fourth-order valence-electron chi connectivity index (χ4n) is 2.09. The van der Waals surface area contributed by atoms with E-state index in [1.165, 1.54) is 0 Å². The molecule has 1 fully saturated rings. The first-order valence-electron chi connectivity index (χ1n) is 5.39. The summed E-state index contributed by atoms with van der Waals surface area (Å²) in [5.74, 6) is 0. The van der Waals surface area contributed by atoms with Gasteiger partial charge in [-0.15, -0.1) is 0 Å². The van der Waals surface area contributed by atoms with Gasteiger partial charge in [-0.3, -0.25) is 0 Å². The predicted molar refractivity (Wildman–Crippen MR) is 66.4 cm³/mol. The zero-order chi connectivity index (χ0) is 12.4. The number of pyridine rings is 1. The lowest BCUT2D eigenvalue weighted by Crippen LogP contribution is -2.47. The molecule has 0 saturated carbocycles. The fraction of sp³-hybridized carbons (Fsp3) is 0.545. The summed E-state index contributed by atoms with van der Waals surface area (Å²) in [5.41, 5.74) is 0.741. The maximum absolute atomic E-state index is 10.2. The molecule has 4 nitrogen and oxygen atoms in total. The Labute approximate surface area is 110 Å². The van der Waals surface area contributed by atoms with Crippen LogP contribution in [0.15, 0.2) is 12.1 Å². The minimum atomic E-state index is -0.644. The van der Waals surface area contributed by atoms with Crippen LogP contribution in [0.25, 0.3) is 0 Å². The molecule has 1 aliphatic rings. The molecule has 0 radical (unpaired) electrons. The van der Waals surface area contributed by atoms with E-state index in [1.807, 2.05) is 0 Å². The van der Waals surface area contributed by atoms with E-state index >= 15 is 0 Å². The number of aromatic nitrogens is 1. The quantitative estimate of drug-likeness (QED) is 0.809. The van der Waals surface area contributed by atoms with Crippen molar-refractivity contribution in [2.75, 3.05) is 13.7 Å². The molecule has 2 rings (SSSR count). The van der Waals surface area contributed by atoms with Gasteiger partial charge < -0.3 is 15.2 Å². The zero-order valence-electron chi connectivity index (χ0n) is 9.36. The standard InChI is InChI=1S/C11H14Cl2N2O2/c1-17-7-4-5-14-9(10(7)16)6-2-3-8(12)15-11(6)13/h2-3,7,9-10,14,16H,4-5H2,1H3/t7-,9+,10+/m0/s1. The molecule has 94 valence electrons. The van der Waals surface area contributed by atoms with Crippen LogP contribution in [0.5, 0.6) is 0 Å². The van der Waals surface area contributed by atoms with E-state index in [0.29, 0.717) is 10.3 Å². The molecule has 0 bridgehead atoms. The molecule has 3 atom stereocenters. The molecule has 2 heterocycles. The van der Waals surface area contributed by atoms with E-state index in [2.05, 4.69) is 10.3 Å². The molecular weight excluding hydrogens is 263 g/mol. The Hall–Kier alpha value is -0.390. The average molecular weight is 277 g/mol. The van der Waals surface area contributed by atoms with Crippen molar-refractivity contribution in [2.45, 2.75) is 24.7 Å². The number of methoxy groups -OCH3 is 1. The maximum atomic E-state index is 10.2. The van der Waals surface area contributed by atoms with Crippen molar-refractivity contribution in [1.29, 1.82) is 0 Å². The van der Waals surface area contributed by atoms with E-state index in [-0.39, 0.29) is 12.1 Å². The maximum Gasteiger partial charge on any atom is 0.135 e. The number of hydrogen-bond acceptors (Lipinski definition) is 4.